The highest BCUT2D eigenvalue weighted by atomic mass is 35.5. The van der Waals surface area contributed by atoms with Gasteiger partial charge in [-0.1, -0.05) is 11.6 Å². The summed E-state index contributed by atoms with van der Waals surface area (Å²) in [5.41, 5.74) is -0.345. The zero-order chi connectivity index (χ0) is 17.9. The average Bonchev–Trinajstić information content (AvgIpc) is 2.54. The Morgan fingerprint density at radius 1 is 1.25 bits per heavy atom. The highest BCUT2D eigenvalue weighted by Crippen LogP contribution is 2.18. The number of imide groups is 1. The minimum absolute atomic E-state index is 0.144. The van der Waals surface area contributed by atoms with Gasteiger partial charge in [-0.25, -0.2) is 9.59 Å². The molecule has 0 bridgehead atoms. The van der Waals surface area contributed by atoms with Gasteiger partial charge in [0.15, 0.2) is 11.5 Å². The van der Waals surface area contributed by atoms with Crippen LogP contribution in [0.5, 0.6) is 0 Å². The van der Waals surface area contributed by atoms with E-state index >= 15 is 0 Å². The van der Waals surface area contributed by atoms with Gasteiger partial charge in [-0.15, -0.1) is 0 Å². The van der Waals surface area contributed by atoms with Crippen molar-refractivity contribution in [2.24, 2.45) is 0 Å². The highest BCUT2D eigenvalue weighted by Gasteiger charge is 2.23. The van der Waals surface area contributed by atoms with E-state index in [1.54, 1.807) is 0 Å². The van der Waals surface area contributed by atoms with Crippen LogP contribution >= 0.6 is 11.6 Å². The van der Waals surface area contributed by atoms with Crippen molar-refractivity contribution < 1.29 is 28.3 Å². The van der Waals surface area contributed by atoms with Crippen LogP contribution in [0.15, 0.2) is 33.5 Å². The van der Waals surface area contributed by atoms with Crippen molar-refractivity contribution in [3.05, 3.63) is 45.3 Å². The van der Waals surface area contributed by atoms with Gasteiger partial charge < -0.3 is 13.9 Å². The molecular formula is C15H12ClNO7. The number of fused-ring (bicyclic) bond motifs is 1. The molecule has 2 aromatic rings. The number of hydrogen-bond acceptors (Lipinski definition) is 7. The quantitative estimate of drug-likeness (QED) is 0.838. The molecule has 1 N–H and O–H groups in total. The molecule has 24 heavy (non-hydrogen) atoms. The highest BCUT2D eigenvalue weighted by molar-refractivity contribution is 6.31. The summed E-state index contributed by atoms with van der Waals surface area (Å²) in [5.74, 6) is -2.30. The summed E-state index contributed by atoms with van der Waals surface area (Å²) in [6, 6.07) is 5.27. The van der Waals surface area contributed by atoms with Crippen molar-refractivity contribution in [1.82, 2.24) is 5.32 Å². The lowest BCUT2D eigenvalue weighted by atomic mass is 10.2. The number of halogens is 1. The molecular weight excluding hydrogens is 342 g/mol. The van der Waals surface area contributed by atoms with E-state index in [-0.39, 0.29) is 16.7 Å². The molecule has 8 nitrogen and oxygen atoms in total. The summed E-state index contributed by atoms with van der Waals surface area (Å²) in [5, 5.41) is 2.40. The predicted molar refractivity (Wildman–Crippen MR) is 82.9 cm³/mol. The summed E-state index contributed by atoms with van der Waals surface area (Å²) in [6.45, 7) is 1.25. The number of amides is 2. The molecule has 0 aliphatic carbocycles. The fraction of sp³-hybridized carbons (Fsp3) is 0.200. The first-order valence-electron chi connectivity index (χ1n) is 6.65. The fourth-order valence-corrected chi connectivity index (χ4v) is 1.93. The molecule has 0 aliphatic rings. The van der Waals surface area contributed by atoms with E-state index in [1.807, 2.05) is 5.32 Å². The van der Waals surface area contributed by atoms with Crippen LogP contribution in [0.2, 0.25) is 5.02 Å². The fourth-order valence-electron chi connectivity index (χ4n) is 1.75. The molecule has 1 heterocycles. The lowest BCUT2D eigenvalue weighted by Gasteiger charge is -2.12. The van der Waals surface area contributed by atoms with Crippen LogP contribution in [0.4, 0.5) is 4.79 Å². The van der Waals surface area contributed by atoms with Crippen molar-refractivity contribution in [3.63, 3.8) is 0 Å². The Kier molecular flexibility index (Phi) is 5.20. The van der Waals surface area contributed by atoms with Gasteiger partial charge in [0.2, 0.25) is 5.76 Å². The maximum absolute atomic E-state index is 12.0. The van der Waals surface area contributed by atoms with E-state index in [9.17, 15) is 19.2 Å². The first kappa shape index (κ1) is 17.5. The summed E-state index contributed by atoms with van der Waals surface area (Å²) >= 11 is 5.80. The number of carbonyl (C=O) groups is 3. The molecule has 9 heteroatoms. The monoisotopic (exact) mass is 353 g/mol. The molecule has 0 aliphatic heterocycles. The van der Waals surface area contributed by atoms with Crippen LogP contribution in [-0.4, -0.2) is 31.2 Å². The van der Waals surface area contributed by atoms with Gasteiger partial charge in [0, 0.05) is 11.1 Å². The summed E-state index contributed by atoms with van der Waals surface area (Å²) in [7, 11) is 1.08. The molecule has 1 aromatic heterocycles. The first-order valence-corrected chi connectivity index (χ1v) is 7.03. The summed E-state index contributed by atoms with van der Waals surface area (Å²) in [4.78, 5) is 46.5. The Hall–Kier alpha value is -2.87. The number of benzene rings is 1. The van der Waals surface area contributed by atoms with E-state index in [1.165, 1.54) is 25.1 Å². The lowest BCUT2D eigenvalue weighted by molar-refractivity contribution is -0.128. The van der Waals surface area contributed by atoms with E-state index < -0.39 is 29.5 Å². The van der Waals surface area contributed by atoms with Crippen molar-refractivity contribution in [1.29, 1.82) is 0 Å². The second-order valence-electron chi connectivity index (χ2n) is 4.64. The number of hydrogen-bond donors (Lipinski definition) is 1. The second kappa shape index (κ2) is 7.14. The molecule has 0 radical (unpaired) electrons. The third-order valence-electron chi connectivity index (χ3n) is 2.95. The molecule has 2 rings (SSSR count). The summed E-state index contributed by atoms with van der Waals surface area (Å²) < 4.78 is 14.4. The average molecular weight is 354 g/mol. The zero-order valence-electron chi connectivity index (χ0n) is 12.6. The second-order valence-corrected chi connectivity index (χ2v) is 5.08. The SMILES string of the molecule is COC(=O)NC(=O)[C@H](C)OC(=O)c1cc(=O)c2cc(Cl)ccc2o1. The molecule has 2 amide bonds. The minimum Gasteiger partial charge on any atom is -0.453 e. The third kappa shape index (κ3) is 3.90. The van der Waals surface area contributed by atoms with Crippen LogP contribution in [0.25, 0.3) is 11.0 Å². The molecule has 0 saturated heterocycles. The van der Waals surface area contributed by atoms with Gasteiger partial charge in [0.25, 0.3) is 5.91 Å². The van der Waals surface area contributed by atoms with Crippen molar-refractivity contribution in [3.8, 4) is 0 Å². The normalized spacial score (nSPS) is 11.6. The Morgan fingerprint density at radius 2 is 1.96 bits per heavy atom. The Labute approximate surface area is 140 Å². The topological polar surface area (TPSA) is 112 Å². The van der Waals surface area contributed by atoms with Crippen molar-refractivity contribution in [2.45, 2.75) is 13.0 Å². The molecule has 0 spiro atoms. The van der Waals surface area contributed by atoms with Crippen LogP contribution in [0.1, 0.15) is 17.5 Å². The molecule has 0 saturated carbocycles. The number of ether oxygens (including phenoxy) is 2. The minimum atomic E-state index is -1.30. The van der Waals surface area contributed by atoms with Crippen molar-refractivity contribution >= 4 is 40.5 Å². The maximum atomic E-state index is 12.0. The van der Waals surface area contributed by atoms with Gasteiger partial charge in [-0.2, -0.15) is 0 Å². The number of nitrogens with one attached hydrogen (secondary N) is 1. The van der Waals surface area contributed by atoms with E-state index in [2.05, 4.69) is 4.74 Å². The van der Waals surface area contributed by atoms with Crippen LogP contribution in [0, 0.1) is 0 Å². The predicted octanol–water partition coefficient (Wildman–Crippen LogP) is 1.87. The third-order valence-corrected chi connectivity index (χ3v) is 3.19. The van der Waals surface area contributed by atoms with E-state index in [0.29, 0.717) is 5.02 Å². The van der Waals surface area contributed by atoms with E-state index in [0.717, 1.165) is 13.2 Å². The van der Waals surface area contributed by atoms with Crippen LogP contribution < -0.4 is 10.7 Å². The van der Waals surface area contributed by atoms with Gasteiger partial charge in [-0.05, 0) is 25.1 Å². The number of carbonyl (C=O) groups excluding carboxylic acids is 3. The molecule has 0 fully saturated rings. The van der Waals surface area contributed by atoms with Crippen LogP contribution in [-0.2, 0) is 14.3 Å². The molecule has 0 unspecified atom stereocenters. The Morgan fingerprint density at radius 3 is 2.62 bits per heavy atom. The van der Waals surface area contributed by atoms with E-state index in [4.69, 9.17) is 20.8 Å². The van der Waals surface area contributed by atoms with Gasteiger partial charge in [0.1, 0.15) is 5.58 Å². The Balaban J connectivity index is 2.19. The molecule has 1 atom stereocenters. The standard InChI is InChI=1S/C15H12ClNO7/c1-7(13(19)17-15(21)22-2)23-14(20)12-6-10(18)9-5-8(16)3-4-11(9)24-12/h3-7H,1-2H3,(H,17,19,21)/t7-/m0/s1. The maximum Gasteiger partial charge on any atom is 0.413 e. The number of rotatable bonds is 3. The largest absolute Gasteiger partial charge is 0.453 e. The zero-order valence-corrected chi connectivity index (χ0v) is 13.4. The first-order chi connectivity index (χ1) is 11.3. The number of alkyl carbamates (subject to hydrolysis) is 1. The van der Waals surface area contributed by atoms with Crippen molar-refractivity contribution in [2.75, 3.05) is 7.11 Å². The summed E-state index contributed by atoms with van der Waals surface area (Å²) in [6.07, 6.45) is -2.29. The molecule has 1 aromatic carbocycles. The number of esters is 1. The lowest BCUT2D eigenvalue weighted by Crippen LogP contribution is -2.39. The Bertz CT molecular complexity index is 874. The van der Waals surface area contributed by atoms with Gasteiger partial charge in [-0.3, -0.25) is 14.9 Å². The molecule has 126 valence electrons. The number of methoxy groups -OCH3 is 1. The smallest absolute Gasteiger partial charge is 0.413 e. The van der Waals surface area contributed by atoms with Gasteiger partial charge in [0.05, 0.1) is 12.5 Å². The van der Waals surface area contributed by atoms with Crippen LogP contribution in [0.3, 0.4) is 0 Å². The van der Waals surface area contributed by atoms with Gasteiger partial charge >= 0.3 is 12.1 Å².